The van der Waals surface area contributed by atoms with Crippen molar-refractivity contribution in [2.45, 2.75) is 20.3 Å². The molecule has 0 aliphatic carbocycles. The van der Waals surface area contributed by atoms with E-state index in [1.807, 2.05) is 32.0 Å². The molecule has 7 aromatic rings. The van der Waals surface area contributed by atoms with E-state index in [1.54, 1.807) is 48.5 Å². The quantitative estimate of drug-likeness (QED) is 0.166. The summed E-state index contributed by atoms with van der Waals surface area (Å²) in [5, 5.41) is 6.60. The molecule has 1 aromatic carbocycles. The Bertz CT molecular complexity index is 2240. The Hall–Kier alpha value is -4.27. The van der Waals surface area contributed by atoms with Crippen LogP contribution in [0.2, 0.25) is 15.2 Å². The van der Waals surface area contributed by atoms with Gasteiger partial charge in [-0.2, -0.15) is 0 Å². The number of thiophene rings is 2. The fourth-order valence-electron chi connectivity index (χ4n) is 4.72. The first kappa shape index (κ1) is 31.3. The maximum absolute atomic E-state index is 6.54. The first-order chi connectivity index (χ1) is 22.9. The van der Waals surface area contributed by atoms with E-state index in [0.717, 1.165) is 48.3 Å². The highest BCUT2D eigenvalue weighted by molar-refractivity contribution is 7.19. The molecule has 0 saturated carbocycles. The van der Waals surface area contributed by atoms with Crippen molar-refractivity contribution in [3.8, 4) is 34.5 Å². The molecular weight excluding hydrogens is 701 g/mol. The van der Waals surface area contributed by atoms with Crippen molar-refractivity contribution in [2.75, 3.05) is 18.7 Å². The third kappa shape index (κ3) is 6.49. The summed E-state index contributed by atoms with van der Waals surface area (Å²) >= 11 is 21.9. The van der Waals surface area contributed by atoms with E-state index in [0.29, 0.717) is 56.0 Å². The summed E-state index contributed by atoms with van der Waals surface area (Å²) in [6.07, 6.45) is 10.5. The Morgan fingerprint density at radius 2 is 1.36 bits per heavy atom. The van der Waals surface area contributed by atoms with Gasteiger partial charge in [0.1, 0.15) is 32.0 Å². The molecule has 47 heavy (non-hydrogen) atoms. The van der Waals surface area contributed by atoms with Gasteiger partial charge in [0.25, 0.3) is 0 Å². The maximum atomic E-state index is 6.54. The van der Waals surface area contributed by atoms with Gasteiger partial charge in [-0.25, -0.2) is 29.9 Å². The molecule has 6 aromatic heterocycles. The minimum Gasteiger partial charge on any atom is -0.454 e. The number of anilines is 1. The highest BCUT2D eigenvalue weighted by Crippen LogP contribution is 2.39. The number of fused-ring (bicyclic) bond motifs is 3. The molecule has 0 fully saturated rings. The Labute approximate surface area is 291 Å². The van der Waals surface area contributed by atoms with Gasteiger partial charge < -0.3 is 14.8 Å². The van der Waals surface area contributed by atoms with Gasteiger partial charge in [0, 0.05) is 41.1 Å². The van der Waals surface area contributed by atoms with Crippen LogP contribution >= 0.6 is 57.5 Å². The van der Waals surface area contributed by atoms with Gasteiger partial charge in [-0.1, -0.05) is 40.9 Å². The SMILES string of the molecule is Cc1sc2nc(-c3cnccn3)nc(Cl)c2c1Cl.Cc1sc2nc(-c3cnccn3)nc(NCCc3ccc4c(c3)OCO4)c2c1Cl. The van der Waals surface area contributed by atoms with Crippen LogP contribution in [0.5, 0.6) is 11.5 Å². The van der Waals surface area contributed by atoms with Gasteiger partial charge in [-0.05, 0) is 38.0 Å². The Morgan fingerprint density at radius 1 is 0.745 bits per heavy atom. The van der Waals surface area contributed by atoms with Gasteiger partial charge in [-0.15, -0.1) is 22.7 Å². The number of ether oxygens (including phenoxy) is 2. The monoisotopic (exact) mass is 721 g/mol. The van der Waals surface area contributed by atoms with Crippen LogP contribution in [0.4, 0.5) is 5.82 Å². The lowest BCUT2D eigenvalue weighted by molar-refractivity contribution is 0.174. The zero-order chi connectivity index (χ0) is 32.5. The molecule has 0 bridgehead atoms. The molecule has 1 aliphatic rings. The minimum absolute atomic E-state index is 0.275. The van der Waals surface area contributed by atoms with Crippen LogP contribution in [0.15, 0.2) is 55.4 Å². The van der Waals surface area contributed by atoms with Crippen molar-refractivity contribution in [1.29, 1.82) is 0 Å². The van der Waals surface area contributed by atoms with E-state index >= 15 is 0 Å². The van der Waals surface area contributed by atoms with E-state index in [1.165, 1.54) is 11.3 Å². The van der Waals surface area contributed by atoms with E-state index in [4.69, 9.17) is 44.3 Å². The lowest BCUT2D eigenvalue weighted by Gasteiger charge is -2.09. The molecule has 0 amide bonds. The number of nitrogens with one attached hydrogen (secondary N) is 1. The van der Waals surface area contributed by atoms with Crippen LogP contribution in [0.3, 0.4) is 0 Å². The molecule has 16 heteroatoms. The van der Waals surface area contributed by atoms with Crippen LogP contribution in [0.1, 0.15) is 15.3 Å². The predicted octanol–water partition coefficient (Wildman–Crippen LogP) is 8.26. The summed E-state index contributed by atoms with van der Waals surface area (Å²) < 4.78 is 10.8. The Balaban J connectivity index is 0.000000167. The molecule has 0 saturated heterocycles. The first-order valence-corrected chi connectivity index (χ1v) is 16.9. The lowest BCUT2D eigenvalue weighted by atomic mass is 10.1. The lowest BCUT2D eigenvalue weighted by Crippen LogP contribution is -2.08. The van der Waals surface area contributed by atoms with E-state index < -0.39 is 0 Å². The Kier molecular flexibility index (Phi) is 8.97. The summed E-state index contributed by atoms with van der Waals surface area (Å²) in [5.74, 6) is 3.25. The average Bonchev–Trinajstić information content (AvgIpc) is 3.76. The van der Waals surface area contributed by atoms with Crippen LogP contribution in [0.25, 0.3) is 43.5 Å². The van der Waals surface area contributed by atoms with Crippen molar-refractivity contribution in [1.82, 2.24) is 39.9 Å². The maximum Gasteiger partial charge on any atom is 0.231 e. The third-order valence-corrected chi connectivity index (χ3v) is 10.4. The highest BCUT2D eigenvalue weighted by atomic mass is 35.5. The molecule has 236 valence electrons. The summed E-state index contributed by atoms with van der Waals surface area (Å²) in [6.45, 7) is 4.86. The number of aryl methyl sites for hydroxylation is 2. The number of aromatic nitrogens is 8. The Morgan fingerprint density at radius 3 is 2.02 bits per heavy atom. The third-order valence-electron chi connectivity index (χ3n) is 6.99. The second-order valence-corrected chi connectivity index (χ2v) is 13.6. The summed E-state index contributed by atoms with van der Waals surface area (Å²) in [7, 11) is 0. The largest absolute Gasteiger partial charge is 0.454 e. The van der Waals surface area contributed by atoms with Crippen molar-refractivity contribution < 1.29 is 9.47 Å². The zero-order valence-corrected chi connectivity index (χ0v) is 28.6. The highest BCUT2D eigenvalue weighted by Gasteiger charge is 2.19. The van der Waals surface area contributed by atoms with Gasteiger partial charge in [-0.3, -0.25) is 9.97 Å². The van der Waals surface area contributed by atoms with Gasteiger partial charge in [0.2, 0.25) is 6.79 Å². The number of rotatable bonds is 6. The van der Waals surface area contributed by atoms with E-state index in [9.17, 15) is 0 Å². The summed E-state index contributed by atoms with van der Waals surface area (Å²) in [6, 6.07) is 5.98. The van der Waals surface area contributed by atoms with E-state index in [-0.39, 0.29) is 6.79 Å². The van der Waals surface area contributed by atoms with Gasteiger partial charge in [0.05, 0.1) is 33.2 Å². The number of benzene rings is 1. The zero-order valence-electron chi connectivity index (χ0n) is 24.7. The minimum atomic E-state index is 0.275. The summed E-state index contributed by atoms with van der Waals surface area (Å²) in [4.78, 5) is 38.1. The fourth-order valence-corrected chi connectivity index (χ4v) is 7.62. The molecule has 0 atom stereocenters. The number of hydrogen-bond acceptors (Lipinski definition) is 13. The van der Waals surface area contributed by atoms with Gasteiger partial charge in [0.15, 0.2) is 23.1 Å². The second-order valence-electron chi connectivity index (χ2n) is 10.1. The number of halogens is 3. The van der Waals surface area contributed by atoms with Crippen LogP contribution in [0, 0.1) is 13.8 Å². The first-order valence-electron chi connectivity index (χ1n) is 14.1. The van der Waals surface area contributed by atoms with E-state index in [2.05, 4.69) is 45.2 Å². The topological polar surface area (TPSA) is 134 Å². The molecule has 8 rings (SSSR count). The van der Waals surface area contributed by atoms with Crippen molar-refractivity contribution >= 4 is 83.7 Å². The average molecular weight is 723 g/mol. The van der Waals surface area contributed by atoms with Crippen LogP contribution < -0.4 is 14.8 Å². The summed E-state index contributed by atoms with van der Waals surface area (Å²) in [5.41, 5.74) is 2.35. The molecule has 0 radical (unpaired) electrons. The molecule has 0 unspecified atom stereocenters. The number of nitrogens with zero attached hydrogens (tertiary/aromatic N) is 8. The van der Waals surface area contributed by atoms with Crippen molar-refractivity contribution in [3.05, 3.63) is 85.9 Å². The molecular formula is C31H22Cl3N9O2S2. The molecule has 0 spiro atoms. The smallest absolute Gasteiger partial charge is 0.231 e. The molecule has 11 nitrogen and oxygen atoms in total. The molecule has 7 heterocycles. The van der Waals surface area contributed by atoms with Crippen molar-refractivity contribution in [3.63, 3.8) is 0 Å². The number of hydrogen-bond donors (Lipinski definition) is 1. The standard InChI is InChI=1S/C20H16ClN5O2S.C11H6Cl2N4S/c1-11-17(21)16-19(24-5-4-12-2-3-14-15(8-12)28-10-27-14)25-18(26-20(16)29-11)13-9-22-6-7-23-13;1-5-8(12)7-9(13)16-10(17-11(7)18-5)6-4-14-2-3-15-6/h2-3,6-9H,4-5,10H2,1H3,(H,24,25,26);2-4H,1H3. The molecule has 1 N–H and O–H groups in total. The van der Waals surface area contributed by atoms with Crippen LogP contribution in [-0.2, 0) is 6.42 Å². The van der Waals surface area contributed by atoms with Gasteiger partial charge >= 0.3 is 0 Å². The molecule has 1 aliphatic heterocycles. The van der Waals surface area contributed by atoms with Crippen molar-refractivity contribution in [2.24, 2.45) is 0 Å². The normalized spacial score (nSPS) is 11.9. The predicted molar refractivity (Wildman–Crippen MR) is 186 cm³/mol. The second kappa shape index (κ2) is 13.5. The fraction of sp³-hybridized carbons (Fsp3) is 0.161. The van der Waals surface area contributed by atoms with Crippen LogP contribution in [-0.4, -0.2) is 53.2 Å².